The third kappa shape index (κ3) is 6.44. The number of carbonyl (C=O) groups excluding carboxylic acids is 1. The molecule has 0 fully saturated rings. The molecule has 1 aromatic carbocycles. The molecule has 1 atom stereocenters. The number of alkyl halides is 3. The molecule has 0 saturated heterocycles. The Bertz CT molecular complexity index is 1020. The average Bonchev–Trinajstić information content (AvgIpc) is 3.14. The van der Waals surface area contributed by atoms with Crippen LogP contribution in [-0.2, 0) is 4.79 Å². The van der Waals surface area contributed by atoms with Crippen LogP contribution in [0.4, 0.5) is 24.7 Å². The summed E-state index contributed by atoms with van der Waals surface area (Å²) in [6, 6.07) is 8.88. The van der Waals surface area contributed by atoms with E-state index in [-0.39, 0.29) is 5.91 Å². The number of aromatic amines is 1. The molecule has 3 aromatic rings. The highest BCUT2D eigenvalue weighted by Crippen LogP contribution is 2.19. The number of amides is 1. The first-order valence-corrected chi connectivity index (χ1v) is 8.49. The zero-order valence-corrected chi connectivity index (χ0v) is 15.6. The van der Waals surface area contributed by atoms with E-state index in [1.165, 1.54) is 0 Å². The van der Waals surface area contributed by atoms with Crippen LogP contribution in [-0.4, -0.2) is 56.1 Å². The summed E-state index contributed by atoms with van der Waals surface area (Å²) in [5.74, 6) is -2.59. The van der Waals surface area contributed by atoms with Crippen LogP contribution in [0, 0.1) is 0 Å². The van der Waals surface area contributed by atoms with Gasteiger partial charge < -0.3 is 20.8 Å². The van der Waals surface area contributed by atoms with Gasteiger partial charge in [-0.25, -0.2) is 9.78 Å². The van der Waals surface area contributed by atoms with Gasteiger partial charge in [-0.2, -0.15) is 18.3 Å². The summed E-state index contributed by atoms with van der Waals surface area (Å²) >= 11 is 0. The zero-order valence-electron chi connectivity index (χ0n) is 15.6. The number of H-pyrrole nitrogens is 1. The van der Waals surface area contributed by atoms with E-state index in [1.807, 2.05) is 12.1 Å². The molecule has 0 unspecified atom stereocenters. The van der Waals surface area contributed by atoms with Crippen LogP contribution in [0.25, 0.3) is 10.9 Å². The minimum Gasteiger partial charge on any atom is -0.475 e. The Balaban J connectivity index is 0.000000396. The average molecular weight is 425 g/mol. The van der Waals surface area contributed by atoms with E-state index in [4.69, 9.17) is 9.90 Å². The third-order valence-electron chi connectivity index (χ3n) is 3.56. The Labute approximate surface area is 167 Å². The van der Waals surface area contributed by atoms with Gasteiger partial charge in [-0.3, -0.25) is 9.89 Å². The monoisotopic (exact) mass is 425 g/mol. The van der Waals surface area contributed by atoms with E-state index in [2.05, 4.69) is 25.8 Å². The molecule has 0 bridgehead atoms. The first-order chi connectivity index (χ1) is 14.1. The number of carbonyl (C=O) groups is 2. The van der Waals surface area contributed by atoms with Crippen LogP contribution in [0.1, 0.15) is 17.3 Å². The number of nitrogens with zero attached hydrogens (tertiary/aromatic N) is 2. The third-order valence-corrected chi connectivity index (χ3v) is 3.56. The summed E-state index contributed by atoms with van der Waals surface area (Å²) in [4.78, 5) is 25.5. The van der Waals surface area contributed by atoms with Crippen LogP contribution in [0.5, 0.6) is 0 Å². The Morgan fingerprint density at radius 1 is 1.27 bits per heavy atom. The standard InChI is InChI=1S/C16H17N5O2.C2HF3O2/c1-10(22)8-18-15-13(3-2-6-17-15)16(23)20-12-4-5-14-11(7-12)9-19-21-14;3-2(4,5)1(6)7/h2-7,9-10,22H,8H2,1H3,(H,17,18)(H,19,21)(H,20,23);(H,6,7)/t10-;/m0./s1. The van der Waals surface area contributed by atoms with Gasteiger partial charge in [-0.05, 0) is 37.3 Å². The van der Waals surface area contributed by atoms with Gasteiger partial charge in [0.25, 0.3) is 5.91 Å². The molecule has 5 N–H and O–H groups in total. The van der Waals surface area contributed by atoms with Crippen LogP contribution < -0.4 is 10.6 Å². The predicted molar refractivity (Wildman–Crippen MR) is 102 cm³/mol. The molecule has 30 heavy (non-hydrogen) atoms. The molecule has 0 aliphatic heterocycles. The maximum atomic E-state index is 12.5. The lowest BCUT2D eigenvalue weighted by molar-refractivity contribution is -0.192. The summed E-state index contributed by atoms with van der Waals surface area (Å²) in [5.41, 5.74) is 2.00. The molecule has 3 rings (SSSR count). The molecular formula is C18H18F3N5O4. The van der Waals surface area contributed by atoms with Gasteiger partial charge in [-0.1, -0.05) is 0 Å². The van der Waals surface area contributed by atoms with Crippen molar-refractivity contribution in [2.45, 2.75) is 19.2 Å². The van der Waals surface area contributed by atoms with Gasteiger partial charge in [-0.15, -0.1) is 0 Å². The van der Waals surface area contributed by atoms with Gasteiger partial charge in [0.1, 0.15) is 5.82 Å². The molecule has 0 aliphatic rings. The van der Waals surface area contributed by atoms with Crippen LogP contribution >= 0.6 is 0 Å². The smallest absolute Gasteiger partial charge is 0.475 e. The van der Waals surface area contributed by atoms with E-state index >= 15 is 0 Å². The number of benzene rings is 1. The van der Waals surface area contributed by atoms with Gasteiger partial charge in [0.15, 0.2) is 0 Å². The fourth-order valence-corrected chi connectivity index (χ4v) is 2.19. The highest BCUT2D eigenvalue weighted by Gasteiger charge is 2.38. The fourth-order valence-electron chi connectivity index (χ4n) is 2.19. The Hall–Kier alpha value is -3.67. The summed E-state index contributed by atoms with van der Waals surface area (Å²) in [5, 5.41) is 30.0. The zero-order chi connectivity index (χ0) is 22.3. The number of nitrogens with one attached hydrogen (secondary N) is 3. The van der Waals surface area contributed by atoms with Gasteiger partial charge in [0.2, 0.25) is 0 Å². The number of carboxylic acid groups (broad SMARTS) is 1. The molecule has 2 heterocycles. The van der Waals surface area contributed by atoms with Crippen molar-refractivity contribution >= 4 is 34.3 Å². The van der Waals surface area contributed by atoms with E-state index in [9.17, 15) is 23.1 Å². The number of pyridine rings is 1. The van der Waals surface area contributed by atoms with Crippen LogP contribution in [0.3, 0.4) is 0 Å². The van der Waals surface area contributed by atoms with Crippen molar-refractivity contribution in [1.29, 1.82) is 0 Å². The maximum Gasteiger partial charge on any atom is 0.490 e. The number of halogens is 3. The molecule has 1 amide bonds. The van der Waals surface area contributed by atoms with E-state index in [0.717, 1.165) is 10.9 Å². The van der Waals surface area contributed by atoms with Crippen molar-refractivity contribution in [3.05, 3.63) is 48.3 Å². The molecule has 0 radical (unpaired) electrons. The van der Waals surface area contributed by atoms with E-state index < -0.39 is 18.2 Å². The Kier molecular flexibility index (Phi) is 7.31. The second-order valence-electron chi connectivity index (χ2n) is 6.06. The molecule has 0 spiro atoms. The number of aliphatic hydroxyl groups is 1. The lowest BCUT2D eigenvalue weighted by Crippen LogP contribution is -2.21. The summed E-state index contributed by atoms with van der Waals surface area (Å²) in [7, 11) is 0. The summed E-state index contributed by atoms with van der Waals surface area (Å²) < 4.78 is 31.7. The number of aliphatic carboxylic acids is 1. The molecule has 160 valence electrons. The van der Waals surface area contributed by atoms with Gasteiger partial charge in [0, 0.05) is 23.8 Å². The molecule has 9 nitrogen and oxygen atoms in total. The largest absolute Gasteiger partial charge is 0.490 e. The quantitative estimate of drug-likeness (QED) is 0.423. The number of fused-ring (bicyclic) bond motifs is 1. The van der Waals surface area contributed by atoms with E-state index in [0.29, 0.717) is 23.6 Å². The van der Waals surface area contributed by atoms with E-state index in [1.54, 1.807) is 37.5 Å². The fraction of sp³-hybridized carbons (Fsp3) is 0.222. The van der Waals surface area contributed by atoms with Crippen molar-refractivity contribution in [3.63, 3.8) is 0 Å². The molecular weight excluding hydrogens is 407 g/mol. The van der Waals surface area contributed by atoms with Crippen molar-refractivity contribution in [3.8, 4) is 0 Å². The van der Waals surface area contributed by atoms with Crippen molar-refractivity contribution < 1.29 is 33.0 Å². The number of rotatable bonds is 5. The number of hydrogen-bond acceptors (Lipinski definition) is 6. The highest BCUT2D eigenvalue weighted by atomic mass is 19.4. The Morgan fingerprint density at radius 3 is 2.60 bits per heavy atom. The minimum atomic E-state index is -5.08. The molecule has 2 aromatic heterocycles. The van der Waals surface area contributed by atoms with Crippen LogP contribution in [0.15, 0.2) is 42.7 Å². The topological polar surface area (TPSA) is 140 Å². The minimum absolute atomic E-state index is 0.269. The second-order valence-corrected chi connectivity index (χ2v) is 6.06. The van der Waals surface area contributed by atoms with Gasteiger partial charge in [0.05, 0.1) is 23.4 Å². The molecule has 0 aliphatic carbocycles. The number of anilines is 2. The van der Waals surface area contributed by atoms with Crippen molar-refractivity contribution in [1.82, 2.24) is 15.2 Å². The predicted octanol–water partition coefficient (Wildman–Crippen LogP) is 2.64. The lowest BCUT2D eigenvalue weighted by Gasteiger charge is -2.12. The summed E-state index contributed by atoms with van der Waals surface area (Å²) in [6.07, 6.45) is -2.32. The normalized spacial score (nSPS) is 11.9. The van der Waals surface area contributed by atoms with Gasteiger partial charge >= 0.3 is 12.1 Å². The second kappa shape index (κ2) is 9.69. The number of aliphatic hydroxyl groups excluding tert-OH is 1. The number of aromatic nitrogens is 3. The van der Waals surface area contributed by atoms with Crippen molar-refractivity contribution in [2.24, 2.45) is 0 Å². The lowest BCUT2D eigenvalue weighted by atomic mass is 10.2. The first kappa shape index (κ1) is 22.6. The number of carboxylic acids is 1. The molecule has 12 heteroatoms. The highest BCUT2D eigenvalue weighted by molar-refractivity contribution is 6.08. The van der Waals surface area contributed by atoms with Crippen LogP contribution in [0.2, 0.25) is 0 Å². The first-order valence-electron chi connectivity index (χ1n) is 8.49. The molecule has 0 saturated carbocycles. The number of hydrogen-bond donors (Lipinski definition) is 5. The Morgan fingerprint density at radius 2 is 1.97 bits per heavy atom. The SMILES string of the molecule is C[C@H](O)CNc1ncccc1C(=O)Nc1ccc2[nH]ncc2c1.O=C(O)C(F)(F)F. The van der Waals surface area contributed by atoms with Crippen molar-refractivity contribution in [2.75, 3.05) is 17.2 Å². The summed E-state index contributed by atoms with van der Waals surface area (Å²) in [6.45, 7) is 1.98. The maximum absolute atomic E-state index is 12.5.